The first-order chi connectivity index (χ1) is 9.88. The Morgan fingerprint density at radius 2 is 2.00 bits per heavy atom. The van der Waals surface area contributed by atoms with Crippen molar-refractivity contribution >= 4 is 5.91 Å². The maximum Gasteiger partial charge on any atom is 0.230 e. The zero-order chi connectivity index (χ0) is 15.3. The van der Waals surface area contributed by atoms with Crippen molar-refractivity contribution in [2.24, 2.45) is 16.7 Å². The first-order valence-corrected chi connectivity index (χ1v) is 7.94. The lowest BCUT2D eigenvalue weighted by Gasteiger charge is -2.37. The van der Waals surface area contributed by atoms with Crippen molar-refractivity contribution in [3.8, 4) is 0 Å². The van der Waals surface area contributed by atoms with Gasteiger partial charge in [0.2, 0.25) is 5.91 Å². The van der Waals surface area contributed by atoms with E-state index in [4.69, 9.17) is 0 Å². The highest BCUT2D eigenvalue weighted by Crippen LogP contribution is 2.65. The van der Waals surface area contributed by atoms with Crippen molar-refractivity contribution in [3.05, 3.63) is 48.0 Å². The fourth-order valence-corrected chi connectivity index (χ4v) is 4.30. The van der Waals surface area contributed by atoms with Crippen LogP contribution in [0.2, 0.25) is 0 Å². The van der Waals surface area contributed by atoms with Crippen LogP contribution in [0, 0.1) is 16.7 Å². The van der Waals surface area contributed by atoms with Gasteiger partial charge in [0.25, 0.3) is 0 Å². The van der Waals surface area contributed by atoms with Gasteiger partial charge in [-0.25, -0.2) is 0 Å². The van der Waals surface area contributed by atoms with Gasteiger partial charge in [0.1, 0.15) is 0 Å². The smallest absolute Gasteiger partial charge is 0.230 e. The number of nitrogens with one attached hydrogen (secondary N) is 1. The number of hydrogen-bond acceptors (Lipinski definition) is 1. The second-order valence-corrected chi connectivity index (χ2v) is 7.33. The van der Waals surface area contributed by atoms with E-state index in [2.05, 4.69) is 44.8 Å². The molecular weight excluding hydrogens is 258 g/mol. The molecule has 0 aromatic heterocycles. The Hall–Kier alpha value is -1.57. The van der Waals surface area contributed by atoms with Crippen LogP contribution in [-0.4, -0.2) is 5.91 Å². The van der Waals surface area contributed by atoms with Crippen LogP contribution in [0.5, 0.6) is 0 Å². The molecule has 2 bridgehead atoms. The van der Waals surface area contributed by atoms with Gasteiger partial charge >= 0.3 is 0 Å². The molecule has 2 saturated carbocycles. The highest BCUT2D eigenvalue weighted by atomic mass is 16.2. The zero-order valence-corrected chi connectivity index (χ0v) is 13.3. The van der Waals surface area contributed by atoms with E-state index < -0.39 is 0 Å². The Labute approximate surface area is 127 Å². The third kappa shape index (κ3) is 2.04. The van der Waals surface area contributed by atoms with Crippen LogP contribution >= 0.6 is 0 Å². The normalized spacial score (nSPS) is 31.2. The zero-order valence-electron chi connectivity index (χ0n) is 13.3. The van der Waals surface area contributed by atoms with E-state index in [1.165, 1.54) is 0 Å². The van der Waals surface area contributed by atoms with E-state index in [0.717, 1.165) is 30.4 Å². The van der Waals surface area contributed by atoms with Crippen molar-refractivity contribution in [1.82, 2.24) is 5.32 Å². The van der Waals surface area contributed by atoms with Gasteiger partial charge in [0.05, 0.1) is 11.5 Å². The minimum atomic E-state index is -0.322. The summed E-state index contributed by atoms with van der Waals surface area (Å²) >= 11 is 0. The maximum atomic E-state index is 12.9. The quantitative estimate of drug-likeness (QED) is 0.826. The topological polar surface area (TPSA) is 29.1 Å². The molecule has 0 saturated heterocycles. The van der Waals surface area contributed by atoms with Gasteiger partial charge in [0, 0.05) is 0 Å². The molecule has 0 unspecified atom stereocenters. The number of hydrogen-bond donors (Lipinski definition) is 1. The van der Waals surface area contributed by atoms with Gasteiger partial charge in [-0.1, -0.05) is 56.3 Å². The Kier molecular flexibility index (Phi) is 3.23. The summed E-state index contributed by atoms with van der Waals surface area (Å²) in [6.07, 6.45) is 3.10. The summed E-state index contributed by atoms with van der Waals surface area (Å²) in [6.45, 7) is 10.8. The van der Waals surface area contributed by atoms with Crippen LogP contribution < -0.4 is 5.32 Å². The van der Waals surface area contributed by atoms with Crippen LogP contribution in [0.25, 0.3) is 0 Å². The van der Waals surface area contributed by atoms with Crippen LogP contribution in [-0.2, 0) is 4.79 Å². The molecule has 2 aliphatic rings. The lowest BCUT2D eigenvalue weighted by atomic mass is 9.68. The minimum absolute atomic E-state index is 0.0450. The number of rotatable bonds is 3. The Morgan fingerprint density at radius 3 is 2.57 bits per heavy atom. The molecule has 2 fully saturated rings. The molecule has 1 amide bonds. The second-order valence-electron chi connectivity index (χ2n) is 7.33. The number of fused-ring (bicyclic) bond motifs is 2. The molecule has 1 aromatic carbocycles. The van der Waals surface area contributed by atoms with E-state index in [0.29, 0.717) is 5.92 Å². The first-order valence-electron chi connectivity index (χ1n) is 7.94. The van der Waals surface area contributed by atoms with Gasteiger partial charge in [-0.3, -0.25) is 4.79 Å². The van der Waals surface area contributed by atoms with Crippen LogP contribution in [0.1, 0.15) is 51.6 Å². The molecule has 112 valence electrons. The third-order valence-corrected chi connectivity index (χ3v) is 5.97. The highest BCUT2D eigenvalue weighted by Gasteiger charge is 2.60. The number of amides is 1. The summed E-state index contributed by atoms with van der Waals surface area (Å²) in [5.41, 5.74) is 2.08. The second kappa shape index (κ2) is 4.72. The molecule has 0 radical (unpaired) electrons. The van der Waals surface area contributed by atoms with Crippen LogP contribution in [0.4, 0.5) is 0 Å². The predicted octanol–water partition coefficient (Wildman–Crippen LogP) is 4.25. The maximum absolute atomic E-state index is 12.9. The number of carbonyl (C=O) groups excluding carboxylic acids is 1. The molecular formula is C19H25NO. The summed E-state index contributed by atoms with van der Waals surface area (Å²) in [5.74, 6) is 0.791. The molecule has 3 rings (SSSR count). The van der Waals surface area contributed by atoms with Gasteiger partial charge in [0.15, 0.2) is 0 Å². The fourth-order valence-electron chi connectivity index (χ4n) is 4.30. The van der Waals surface area contributed by atoms with Crippen molar-refractivity contribution < 1.29 is 4.79 Å². The predicted molar refractivity (Wildman–Crippen MR) is 85.7 cm³/mol. The van der Waals surface area contributed by atoms with E-state index in [-0.39, 0.29) is 22.8 Å². The van der Waals surface area contributed by atoms with Crippen LogP contribution in [0.3, 0.4) is 0 Å². The average molecular weight is 283 g/mol. The van der Waals surface area contributed by atoms with Gasteiger partial charge in [-0.05, 0) is 43.1 Å². The summed E-state index contributed by atoms with van der Waals surface area (Å²) in [5, 5.41) is 3.22. The largest absolute Gasteiger partial charge is 0.349 e. The fraction of sp³-hybridized carbons (Fsp3) is 0.526. The molecule has 3 atom stereocenters. The molecule has 0 heterocycles. The Morgan fingerprint density at radius 1 is 1.33 bits per heavy atom. The Bertz CT molecular complexity index is 574. The molecule has 1 aromatic rings. The lowest BCUT2D eigenvalue weighted by molar-refractivity contribution is -0.129. The molecule has 0 aliphatic heterocycles. The molecule has 2 aliphatic carbocycles. The standard InChI is InChI=1S/C19H25NO/c1-13(15-8-6-5-7-9-15)20-17(21)19-11-10-16(12-19)18(3,4)14(19)2/h5-9,13,16H,2,10-12H2,1,3-4H3,(H,20,21)/t13-,16+,19+/m0/s1. The van der Waals surface area contributed by atoms with Crippen molar-refractivity contribution in [2.45, 2.75) is 46.1 Å². The SMILES string of the molecule is C=C1C(C)(C)[C@@H]2CC[C@@]1(C(=O)N[C@@H](C)c1ccccc1)C2. The molecule has 2 nitrogen and oxygen atoms in total. The average Bonchev–Trinajstić information content (AvgIpc) is 3.00. The summed E-state index contributed by atoms with van der Waals surface area (Å²) < 4.78 is 0. The van der Waals surface area contributed by atoms with Gasteiger partial charge < -0.3 is 5.32 Å². The van der Waals surface area contributed by atoms with E-state index >= 15 is 0 Å². The first kappa shape index (κ1) is 14.4. The van der Waals surface area contributed by atoms with Gasteiger partial charge in [-0.2, -0.15) is 0 Å². The lowest BCUT2D eigenvalue weighted by Crippen LogP contribution is -2.42. The number of carbonyl (C=O) groups is 1. The monoisotopic (exact) mass is 283 g/mol. The number of benzene rings is 1. The van der Waals surface area contributed by atoms with Crippen LogP contribution in [0.15, 0.2) is 42.5 Å². The Balaban J connectivity index is 1.79. The van der Waals surface area contributed by atoms with Crippen molar-refractivity contribution in [2.75, 3.05) is 0 Å². The summed E-state index contributed by atoms with van der Waals surface area (Å²) in [4.78, 5) is 12.9. The molecule has 0 spiro atoms. The van der Waals surface area contributed by atoms with E-state index in [9.17, 15) is 4.79 Å². The van der Waals surface area contributed by atoms with Crippen molar-refractivity contribution in [1.29, 1.82) is 0 Å². The van der Waals surface area contributed by atoms with E-state index in [1.807, 2.05) is 18.2 Å². The summed E-state index contributed by atoms with van der Waals surface area (Å²) in [7, 11) is 0. The van der Waals surface area contributed by atoms with Crippen molar-refractivity contribution in [3.63, 3.8) is 0 Å². The molecule has 2 heteroatoms. The molecule has 1 N–H and O–H groups in total. The third-order valence-electron chi connectivity index (χ3n) is 5.97. The molecule has 21 heavy (non-hydrogen) atoms. The summed E-state index contributed by atoms with van der Waals surface area (Å²) in [6, 6.07) is 10.2. The minimum Gasteiger partial charge on any atom is -0.349 e. The van der Waals surface area contributed by atoms with E-state index in [1.54, 1.807) is 0 Å². The highest BCUT2D eigenvalue weighted by molar-refractivity contribution is 5.87. The van der Waals surface area contributed by atoms with Gasteiger partial charge in [-0.15, -0.1) is 0 Å².